The van der Waals surface area contributed by atoms with Crippen LogP contribution in [-0.2, 0) is 4.74 Å². The largest absolute Gasteiger partial charge is 0.444 e. The molecule has 4 nitrogen and oxygen atoms in total. The van der Waals surface area contributed by atoms with E-state index in [9.17, 15) is 4.79 Å². The summed E-state index contributed by atoms with van der Waals surface area (Å²) in [4.78, 5) is 14.2. The molecule has 0 spiro atoms. The van der Waals surface area contributed by atoms with Gasteiger partial charge in [-0.2, -0.15) is 0 Å². The van der Waals surface area contributed by atoms with Crippen LogP contribution in [0.4, 0.5) is 4.79 Å². The minimum Gasteiger partial charge on any atom is -0.444 e. The SMILES string of the molecule is CC1(C)CN(C(=O)OC(C)(C)C)CC(c2ccc(Cl)cc2)N1. The van der Waals surface area contributed by atoms with E-state index in [0.29, 0.717) is 18.1 Å². The van der Waals surface area contributed by atoms with Gasteiger partial charge in [0, 0.05) is 23.7 Å². The monoisotopic (exact) mass is 324 g/mol. The molecule has 1 aliphatic rings. The highest BCUT2D eigenvalue weighted by Crippen LogP contribution is 2.26. The fourth-order valence-corrected chi connectivity index (χ4v) is 2.80. The number of amides is 1. The molecule has 22 heavy (non-hydrogen) atoms. The molecule has 0 aliphatic carbocycles. The number of hydrogen-bond acceptors (Lipinski definition) is 3. The van der Waals surface area contributed by atoms with Gasteiger partial charge in [-0.3, -0.25) is 0 Å². The van der Waals surface area contributed by atoms with Gasteiger partial charge in [-0.05, 0) is 52.3 Å². The summed E-state index contributed by atoms with van der Waals surface area (Å²) in [6.45, 7) is 11.0. The Bertz CT molecular complexity index is 535. The van der Waals surface area contributed by atoms with Crippen molar-refractivity contribution in [1.29, 1.82) is 0 Å². The Morgan fingerprint density at radius 1 is 1.32 bits per heavy atom. The summed E-state index contributed by atoms with van der Waals surface area (Å²) >= 11 is 5.95. The van der Waals surface area contributed by atoms with Crippen molar-refractivity contribution in [2.75, 3.05) is 13.1 Å². The van der Waals surface area contributed by atoms with Crippen LogP contribution in [0.1, 0.15) is 46.2 Å². The molecule has 1 saturated heterocycles. The Balaban J connectivity index is 2.16. The minimum absolute atomic E-state index is 0.0635. The Kier molecular flexibility index (Phi) is 4.73. The van der Waals surface area contributed by atoms with E-state index in [1.165, 1.54) is 0 Å². The van der Waals surface area contributed by atoms with Crippen LogP contribution in [0, 0.1) is 0 Å². The normalized spacial score (nSPS) is 21.5. The highest BCUT2D eigenvalue weighted by Gasteiger charge is 2.36. The maximum absolute atomic E-state index is 12.4. The number of piperazine rings is 1. The van der Waals surface area contributed by atoms with Crippen molar-refractivity contribution < 1.29 is 9.53 Å². The number of benzene rings is 1. The average Bonchev–Trinajstić information content (AvgIpc) is 2.35. The predicted molar refractivity (Wildman–Crippen MR) is 89.2 cm³/mol. The quantitative estimate of drug-likeness (QED) is 0.849. The maximum Gasteiger partial charge on any atom is 0.410 e. The first-order valence-electron chi connectivity index (χ1n) is 7.57. The highest BCUT2D eigenvalue weighted by atomic mass is 35.5. The van der Waals surface area contributed by atoms with Crippen molar-refractivity contribution in [3.8, 4) is 0 Å². The topological polar surface area (TPSA) is 41.6 Å². The molecule has 1 amide bonds. The summed E-state index contributed by atoms with van der Waals surface area (Å²) in [6, 6.07) is 7.80. The third-order valence-corrected chi connectivity index (χ3v) is 3.73. The van der Waals surface area contributed by atoms with Crippen LogP contribution in [0.15, 0.2) is 24.3 Å². The van der Waals surface area contributed by atoms with Crippen LogP contribution in [0.25, 0.3) is 0 Å². The zero-order valence-corrected chi connectivity index (χ0v) is 14.7. The van der Waals surface area contributed by atoms with Gasteiger partial charge < -0.3 is 15.0 Å². The minimum atomic E-state index is -0.484. The number of hydrogen-bond donors (Lipinski definition) is 1. The smallest absolute Gasteiger partial charge is 0.410 e. The maximum atomic E-state index is 12.4. The summed E-state index contributed by atoms with van der Waals surface area (Å²) in [5.41, 5.74) is 0.451. The second-order valence-electron chi connectivity index (χ2n) is 7.49. The second kappa shape index (κ2) is 6.09. The number of ether oxygens (including phenoxy) is 1. The van der Waals surface area contributed by atoms with Crippen LogP contribution >= 0.6 is 11.6 Å². The number of rotatable bonds is 1. The van der Waals surface area contributed by atoms with Gasteiger partial charge in [0.1, 0.15) is 5.60 Å². The lowest BCUT2D eigenvalue weighted by Gasteiger charge is -2.44. The molecular weight excluding hydrogens is 300 g/mol. The van der Waals surface area contributed by atoms with E-state index in [1.807, 2.05) is 45.0 Å². The molecule has 1 N–H and O–H groups in total. The second-order valence-corrected chi connectivity index (χ2v) is 7.93. The molecule has 2 rings (SSSR count). The lowest BCUT2D eigenvalue weighted by molar-refractivity contribution is 0.00899. The molecule has 0 saturated carbocycles. The molecule has 1 aromatic rings. The van der Waals surface area contributed by atoms with Gasteiger partial charge in [-0.15, -0.1) is 0 Å². The van der Waals surface area contributed by atoms with Gasteiger partial charge in [-0.25, -0.2) is 4.79 Å². The first-order valence-corrected chi connectivity index (χ1v) is 7.95. The van der Waals surface area contributed by atoms with Crippen molar-refractivity contribution in [2.45, 2.75) is 51.8 Å². The van der Waals surface area contributed by atoms with Gasteiger partial charge in [0.25, 0.3) is 0 Å². The number of nitrogens with zero attached hydrogens (tertiary/aromatic N) is 1. The molecule has 1 aromatic carbocycles. The molecule has 1 atom stereocenters. The summed E-state index contributed by atoms with van der Waals surface area (Å²) in [5, 5.41) is 4.29. The third-order valence-electron chi connectivity index (χ3n) is 3.48. The summed E-state index contributed by atoms with van der Waals surface area (Å²) in [7, 11) is 0. The van der Waals surface area contributed by atoms with Gasteiger partial charge in [0.15, 0.2) is 0 Å². The summed E-state index contributed by atoms with van der Waals surface area (Å²) in [5.74, 6) is 0. The lowest BCUT2D eigenvalue weighted by Crippen LogP contribution is -2.60. The molecule has 122 valence electrons. The molecule has 1 fully saturated rings. The molecule has 5 heteroatoms. The Morgan fingerprint density at radius 2 is 1.91 bits per heavy atom. The molecule has 1 unspecified atom stereocenters. The van der Waals surface area contributed by atoms with E-state index in [4.69, 9.17) is 16.3 Å². The average molecular weight is 325 g/mol. The summed E-state index contributed by atoms with van der Waals surface area (Å²) < 4.78 is 5.51. The van der Waals surface area contributed by atoms with Gasteiger partial charge in [0.05, 0.1) is 6.04 Å². The molecule has 1 aliphatic heterocycles. The number of nitrogens with one attached hydrogen (secondary N) is 1. The van der Waals surface area contributed by atoms with E-state index in [1.54, 1.807) is 4.90 Å². The van der Waals surface area contributed by atoms with E-state index in [-0.39, 0.29) is 17.7 Å². The van der Waals surface area contributed by atoms with Crippen LogP contribution in [-0.4, -0.2) is 35.2 Å². The van der Waals surface area contributed by atoms with Crippen LogP contribution < -0.4 is 5.32 Å². The van der Waals surface area contributed by atoms with Crippen molar-refractivity contribution in [3.63, 3.8) is 0 Å². The highest BCUT2D eigenvalue weighted by molar-refractivity contribution is 6.30. The van der Waals surface area contributed by atoms with Gasteiger partial charge in [0.2, 0.25) is 0 Å². The lowest BCUT2D eigenvalue weighted by atomic mass is 9.95. The molecule has 0 bridgehead atoms. The fourth-order valence-electron chi connectivity index (χ4n) is 2.67. The zero-order chi connectivity index (χ0) is 16.5. The first kappa shape index (κ1) is 17.1. The molecule has 0 aromatic heterocycles. The Labute approximate surface area is 137 Å². The first-order chi connectivity index (χ1) is 10.1. The van der Waals surface area contributed by atoms with Crippen LogP contribution in [0.2, 0.25) is 5.02 Å². The van der Waals surface area contributed by atoms with Crippen molar-refractivity contribution in [1.82, 2.24) is 10.2 Å². The molecule has 0 radical (unpaired) electrons. The zero-order valence-electron chi connectivity index (χ0n) is 13.9. The number of carbonyl (C=O) groups excluding carboxylic acids is 1. The van der Waals surface area contributed by atoms with E-state index in [0.717, 1.165) is 5.56 Å². The molecule has 1 heterocycles. The third kappa shape index (κ3) is 4.62. The van der Waals surface area contributed by atoms with Gasteiger partial charge >= 0.3 is 6.09 Å². The van der Waals surface area contributed by atoms with Crippen molar-refractivity contribution in [2.24, 2.45) is 0 Å². The van der Waals surface area contributed by atoms with E-state index >= 15 is 0 Å². The summed E-state index contributed by atoms with van der Waals surface area (Å²) in [6.07, 6.45) is -0.263. The van der Waals surface area contributed by atoms with Gasteiger partial charge in [-0.1, -0.05) is 23.7 Å². The number of carbonyl (C=O) groups is 1. The Morgan fingerprint density at radius 3 is 2.45 bits per heavy atom. The van der Waals surface area contributed by atoms with Crippen LogP contribution in [0.5, 0.6) is 0 Å². The number of halogens is 1. The van der Waals surface area contributed by atoms with E-state index in [2.05, 4.69) is 19.2 Å². The van der Waals surface area contributed by atoms with Crippen LogP contribution in [0.3, 0.4) is 0 Å². The Hall–Kier alpha value is -1.26. The molecular formula is C17H25ClN2O2. The van der Waals surface area contributed by atoms with E-state index < -0.39 is 5.60 Å². The standard InChI is InChI=1S/C17H25ClN2O2/c1-16(2,3)22-15(21)20-10-14(19-17(4,5)11-20)12-6-8-13(18)9-7-12/h6-9,14,19H,10-11H2,1-5H3. The van der Waals surface area contributed by atoms with Crippen molar-refractivity contribution >= 4 is 17.7 Å². The predicted octanol–water partition coefficient (Wildman–Crippen LogP) is 4.00. The fraction of sp³-hybridized carbons (Fsp3) is 0.588. The van der Waals surface area contributed by atoms with Crippen molar-refractivity contribution in [3.05, 3.63) is 34.9 Å².